The van der Waals surface area contributed by atoms with E-state index in [0.29, 0.717) is 41.6 Å². The van der Waals surface area contributed by atoms with E-state index >= 15 is 0 Å². The van der Waals surface area contributed by atoms with Gasteiger partial charge in [-0.25, -0.2) is 0 Å². The molecule has 1 amide bonds. The molecule has 0 aromatic heterocycles. The van der Waals surface area contributed by atoms with Crippen molar-refractivity contribution in [3.05, 3.63) is 53.6 Å². The van der Waals surface area contributed by atoms with E-state index in [-0.39, 0.29) is 12.3 Å². The number of Topliss-reactive ketones (excluding diaryl/α,β-unsaturated/α-hetero) is 1. The Kier molecular flexibility index (Phi) is 8.87. The standard InChI is InChI=1S/C23H27NO7/c1-5-29-19-12-9-17(13-20(19)30-6-2)23(27)24-14-21(25)31-15(3)22(26)16-7-10-18(28-4)11-8-16/h7-13,15H,5-6,14H2,1-4H3,(H,24,27). The molecule has 1 atom stereocenters. The second-order valence-corrected chi connectivity index (χ2v) is 6.44. The molecule has 8 nitrogen and oxygen atoms in total. The maximum absolute atomic E-state index is 12.4. The average Bonchev–Trinajstić information content (AvgIpc) is 2.78. The van der Waals surface area contributed by atoms with Crippen LogP contribution in [-0.2, 0) is 9.53 Å². The molecule has 0 aliphatic heterocycles. The molecule has 0 radical (unpaired) electrons. The van der Waals surface area contributed by atoms with E-state index in [2.05, 4.69) is 5.32 Å². The first-order chi connectivity index (χ1) is 14.9. The van der Waals surface area contributed by atoms with Crippen LogP contribution < -0.4 is 19.5 Å². The number of ether oxygens (including phenoxy) is 4. The molecule has 0 aliphatic carbocycles. The van der Waals surface area contributed by atoms with E-state index in [4.69, 9.17) is 18.9 Å². The number of amides is 1. The molecule has 0 bridgehead atoms. The molecule has 0 aliphatic rings. The molecule has 1 N–H and O–H groups in total. The second kappa shape index (κ2) is 11.6. The average molecular weight is 429 g/mol. The van der Waals surface area contributed by atoms with Crippen LogP contribution in [0.1, 0.15) is 41.5 Å². The number of hydrogen-bond donors (Lipinski definition) is 1. The van der Waals surface area contributed by atoms with Crippen LogP contribution in [0, 0.1) is 0 Å². The first-order valence-electron chi connectivity index (χ1n) is 9.95. The Balaban J connectivity index is 1.91. The Morgan fingerprint density at radius 1 is 0.903 bits per heavy atom. The molecule has 0 saturated carbocycles. The Morgan fingerprint density at radius 2 is 1.52 bits per heavy atom. The minimum Gasteiger partial charge on any atom is -0.497 e. The highest BCUT2D eigenvalue weighted by molar-refractivity contribution is 6.00. The third-order valence-electron chi connectivity index (χ3n) is 4.25. The lowest BCUT2D eigenvalue weighted by molar-refractivity contribution is -0.145. The minimum atomic E-state index is -0.993. The summed E-state index contributed by atoms with van der Waals surface area (Å²) in [6, 6.07) is 11.2. The molecule has 8 heteroatoms. The van der Waals surface area contributed by atoms with Gasteiger partial charge in [-0.15, -0.1) is 0 Å². The molecule has 31 heavy (non-hydrogen) atoms. The predicted molar refractivity (Wildman–Crippen MR) is 114 cm³/mol. The van der Waals surface area contributed by atoms with Gasteiger partial charge in [-0.05, 0) is 63.2 Å². The number of carbonyl (C=O) groups excluding carboxylic acids is 3. The monoisotopic (exact) mass is 429 g/mol. The van der Waals surface area contributed by atoms with Gasteiger partial charge in [-0.3, -0.25) is 14.4 Å². The van der Waals surface area contributed by atoms with Gasteiger partial charge in [0.15, 0.2) is 17.6 Å². The molecular formula is C23H27NO7. The Hall–Kier alpha value is -3.55. The third kappa shape index (κ3) is 6.74. The van der Waals surface area contributed by atoms with Crippen molar-refractivity contribution in [1.82, 2.24) is 5.32 Å². The largest absolute Gasteiger partial charge is 0.497 e. The maximum Gasteiger partial charge on any atom is 0.326 e. The molecule has 0 saturated heterocycles. The van der Waals surface area contributed by atoms with Gasteiger partial charge in [-0.1, -0.05) is 0 Å². The fourth-order valence-electron chi connectivity index (χ4n) is 2.73. The summed E-state index contributed by atoms with van der Waals surface area (Å²) >= 11 is 0. The van der Waals surface area contributed by atoms with E-state index in [1.54, 1.807) is 42.5 Å². The number of carbonyl (C=O) groups is 3. The van der Waals surface area contributed by atoms with Crippen LogP contribution in [0.15, 0.2) is 42.5 Å². The van der Waals surface area contributed by atoms with E-state index in [0.717, 1.165) is 0 Å². The van der Waals surface area contributed by atoms with Gasteiger partial charge in [-0.2, -0.15) is 0 Å². The molecule has 1 unspecified atom stereocenters. The van der Waals surface area contributed by atoms with Crippen LogP contribution in [0.4, 0.5) is 0 Å². The highest BCUT2D eigenvalue weighted by Gasteiger charge is 2.20. The molecule has 2 aromatic carbocycles. The van der Waals surface area contributed by atoms with Crippen molar-refractivity contribution in [1.29, 1.82) is 0 Å². The lowest BCUT2D eigenvalue weighted by atomic mass is 10.1. The molecule has 0 spiro atoms. The number of hydrogen-bond acceptors (Lipinski definition) is 7. The lowest BCUT2D eigenvalue weighted by Crippen LogP contribution is -2.34. The second-order valence-electron chi connectivity index (χ2n) is 6.44. The summed E-state index contributed by atoms with van der Waals surface area (Å²) in [5.41, 5.74) is 0.699. The first kappa shape index (κ1) is 23.7. The molecule has 166 valence electrons. The van der Waals surface area contributed by atoms with Gasteiger partial charge in [0, 0.05) is 11.1 Å². The fourth-order valence-corrected chi connectivity index (χ4v) is 2.73. The van der Waals surface area contributed by atoms with Crippen LogP contribution in [0.5, 0.6) is 17.2 Å². The highest BCUT2D eigenvalue weighted by atomic mass is 16.5. The van der Waals surface area contributed by atoms with E-state index in [1.165, 1.54) is 14.0 Å². The van der Waals surface area contributed by atoms with Crippen molar-refractivity contribution in [2.45, 2.75) is 26.9 Å². The lowest BCUT2D eigenvalue weighted by Gasteiger charge is -2.14. The topological polar surface area (TPSA) is 100 Å². The summed E-state index contributed by atoms with van der Waals surface area (Å²) in [4.78, 5) is 36.9. The van der Waals surface area contributed by atoms with Gasteiger partial charge < -0.3 is 24.3 Å². The van der Waals surface area contributed by atoms with Gasteiger partial charge >= 0.3 is 5.97 Å². The molecule has 2 rings (SSSR count). The van der Waals surface area contributed by atoms with E-state index in [9.17, 15) is 14.4 Å². The number of ketones is 1. The van der Waals surface area contributed by atoms with E-state index < -0.39 is 18.0 Å². The van der Waals surface area contributed by atoms with Crippen molar-refractivity contribution in [3.8, 4) is 17.2 Å². The summed E-state index contributed by atoms with van der Waals surface area (Å²) in [6.45, 7) is 5.65. The van der Waals surface area contributed by atoms with Gasteiger partial charge in [0.25, 0.3) is 5.91 Å². The number of nitrogens with one attached hydrogen (secondary N) is 1. The minimum absolute atomic E-state index is 0.307. The molecular weight excluding hydrogens is 402 g/mol. The summed E-state index contributed by atoms with van der Waals surface area (Å²) in [5.74, 6) is 0.0409. The third-order valence-corrected chi connectivity index (χ3v) is 4.25. The zero-order chi connectivity index (χ0) is 22.8. The summed E-state index contributed by atoms with van der Waals surface area (Å²) in [5, 5.41) is 2.48. The van der Waals surface area contributed by atoms with Crippen LogP contribution in [0.2, 0.25) is 0 Å². The van der Waals surface area contributed by atoms with E-state index in [1.807, 2.05) is 13.8 Å². The first-order valence-corrected chi connectivity index (χ1v) is 9.95. The van der Waals surface area contributed by atoms with Crippen LogP contribution in [0.3, 0.4) is 0 Å². The predicted octanol–water partition coefficient (Wildman–Crippen LogP) is 3.04. The fraction of sp³-hybridized carbons (Fsp3) is 0.348. The Morgan fingerprint density at radius 3 is 2.13 bits per heavy atom. The smallest absolute Gasteiger partial charge is 0.326 e. The maximum atomic E-state index is 12.4. The van der Waals surface area contributed by atoms with Crippen molar-refractivity contribution in [2.24, 2.45) is 0 Å². The van der Waals surface area contributed by atoms with Gasteiger partial charge in [0.1, 0.15) is 12.3 Å². The van der Waals surface area contributed by atoms with Gasteiger partial charge in [0.2, 0.25) is 5.78 Å². The zero-order valence-corrected chi connectivity index (χ0v) is 18.1. The summed E-state index contributed by atoms with van der Waals surface area (Å²) in [6.07, 6.45) is -0.993. The molecule has 2 aromatic rings. The van der Waals surface area contributed by atoms with Crippen LogP contribution >= 0.6 is 0 Å². The van der Waals surface area contributed by atoms with Crippen molar-refractivity contribution in [2.75, 3.05) is 26.9 Å². The quantitative estimate of drug-likeness (QED) is 0.433. The van der Waals surface area contributed by atoms with Crippen molar-refractivity contribution >= 4 is 17.7 Å². The SMILES string of the molecule is CCOc1ccc(C(=O)NCC(=O)OC(C)C(=O)c2ccc(OC)cc2)cc1OCC. The Labute approximate surface area is 181 Å². The summed E-state index contributed by atoms with van der Waals surface area (Å²) < 4.78 is 21.2. The number of benzene rings is 2. The van der Waals surface area contributed by atoms with Crippen LogP contribution in [0.25, 0.3) is 0 Å². The number of methoxy groups -OCH3 is 1. The van der Waals surface area contributed by atoms with Crippen LogP contribution in [-0.4, -0.2) is 50.6 Å². The zero-order valence-electron chi connectivity index (χ0n) is 18.1. The highest BCUT2D eigenvalue weighted by Crippen LogP contribution is 2.28. The molecule has 0 heterocycles. The molecule has 0 fully saturated rings. The summed E-state index contributed by atoms with van der Waals surface area (Å²) in [7, 11) is 1.53. The number of esters is 1. The van der Waals surface area contributed by atoms with Crippen molar-refractivity contribution in [3.63, 3.8) is 0 Å². The van der Waals surface area contributed by atoms with Crippen molar-refractivity contribution < 1.29 is 33.3 Å². The van der Waals surface area contributed by atoms with Gasteiger partial charge in [0.05, 0.1) is 20.3 Å². The normalized spacial score (nSPS) is 11.2. The Bertz CT molecular complexity index is 909. The number of rotatable bonds is 11.